The molecule has 5 heteroatoms. The van der Waals surface area contributed by atoms with Crippen LogP contribution < -0.4 is 0 Å². The Balaban J connectivity index is 1.73. The van der Waals surface area contributed by atoms with Gasteiger partial charge in [-0.05, 0) is 24.3 Å². The number of piperidine rings is 1. The van der Waals surface area contributed by atoms with Crippen molar-refractivity contribution in [2.45, 2.75) is 25.3 Å². The minimum atomic E-state index is -2.50. The molecule has 0 atom stereocenters. The third-order valence-electron chi connectivity index (χ3n) is 3.68. The molecule has 2 nitrogen and oxygen atoms in total. The molecule has 3 rings (SSSR count). The van der Waals surface area contributed by atoms with E-state index in [-0.39, 0.29) is 12.8 Å². The van der Waals surface area contributed by atoms with Crippen LogP contribution in [0.5, 0.6) is 0 Å². The standard InChI is InChI=1S/C15H15ClF2N2/c16-12-2-4-14-11(9-12)1-3-13(19-14)10-20-7-5-15(17,18)6-8-20/h1-4,9H,5-8,10H2. The fraction of sp³-hybridized carbons (Fsp3) is 0.400. The molecule has 0 spiro atoms. The molecular formula is C15H15ClF2N2. The van der Waals surface area contributed by atoms with Crippen LogP contribution in [-0.2, 0) is 6.54 Å². The summed E-state index contributed by atoms with van der Waals surface area (Å²) in [6.45, 7) is 1.47. The summed E-state index contributed by atoms with van der Waals surface area (Å²) in [5.74, 6) is -2.50. The molecule has 0 N–H and O–H groups in total. The van der Waals surface area contributed by atoms with Crippen LogP contribution in [0, 0.1) is 0 Å². The van der Waals surface area contributed by atoms with Crippen LogP contribution in [0.1, 0.15) is 18.5 Å². The molecule has 2 aromatic rings. The van der Waals surface area contributed by atoms with Crippen molar-refractivity contribution in [1.29, 1.82) is 0 Å². The number of halogens is 3. The fourth-order valence-corrected chi connectivity index (χ4v) is 2.67. The maximum absolute atomic E-state index is 13.1. The molecule has 2 heterocycles. The van der Waals surface area contributed by atoms with E-state index in [1.165, 1.54) is 0 Å². The molecule has 0 amide bonds. The number of benzene rings is 1. The number of hydrogen-bond donors (Lipinski definition) is 0. The van der Waals surface area contributed by atoms with Gasteiger partial charge >= 0.3 is 0 Å². The number of rotatable bonds is 2. The van der Waals surface area contributed by atoms with E-state index >= 15 is 0 Å². The van der Waals surface area contributed by atoms with Gasteiger partial charge in [-0.15, -0.1) is 0 Å². The second kappa shape index (κ2) is 5.26. The van der Waals surface area contributed by atoms with Crippen molar-refractivity contribution in [3.8, 4) is 0 Å². The van der Waals surface area contributed by atoms with Gasteiger partial charge in [0.25, 0.3) is 5.92 Å². The van der Waals surface area contributed by atoms with E-state index in [0.29, 0.717) is 24.7 Å². The molecule has 0 saturated carbocycles. The van der Waals surface area contributed by atoms with Crippen LogP contribution in [0.2, 0.25) is 5.02 Å². The van der Waals surface area contributed by atoms with Gasteiger partial charge in [0.05, 0.1) is 11.2 Å². The third kappa shape index (κ3) is 3.07. The molecule has 1 aliphatic heterocycles. The lowest BCUT2D eigenvalue weighted by atomic mass is 10.1. The van der Waals surface area contributed by atoms with E-state index in [0.717, 1.165) is 16.6 Å². The van der Waals surface area contributed by atoms with E-state index in [4.69, 9.17) is 11.6 Å². The van der Waals surface area contributed by atoms with Gasteiger partial charge in [0.2, 0.25) is 0 Å². The molecule has 1 aromatic carbocycles. The monoisotopic (exact) mass is 296 g/mol. The molecule has 1 aromatic heterocycles. The normalized spacial score (nSPS) is 19.4. The van der Waals surface area contributed by atoms with Crippen LogP contribution >= 0.6 is 11.6 Å². The van der Waals surface area contributed by atoms with Crippen molar-refractivity contribution in [3.63, 3.8) is 0 Å². The number of alkyl halides is 2. The molecule has 1 aliphatic rings. The second-order valence-corrected chi connectivity index (χ2v) is 5.71. The van der Waals surface area contributed by atoms with Crippen LogP contribution in [0.3, 0.4) is 0 Å². The quantitative estimate of drug-likeness (QED) is 0.829. The van der Waals surface area contributed by atoms with Gasteiger partial charge in [-0.25, -0.2) is 8.78 Å². The van der Waals surface area contributed by atoms with Gasteiger partial charge in [0.1, 0.15) is 0 Å². The smallest absolute Gasteiger partial charge is 0.250 e. The minimum Gasteiger partial charge on any atom is -0.297 e. The fourth-order valence-electron chi connectivity index (χ4n) is 2.49. The summed E-state index contributed by atoms with van der Waals surface area (Å²) in [6.07, 6.45) is -0.119. The Morgan fingerprint density at radius 2 is 1.90 bits per heavy atom. The summed E-state index contributed by atoms with van der Waals surface area (Å²) in [5.41, 5.74) is 1.79. The predicted octanol–water partition coefficient (Wildman–Crippen LogP) is 4.12. The maximum atomic E-state index is 13.1. The molecule has 20 heavy (non-hydrogen) atoms. The van der Waals surface area contributed by atoms with Crippen LogP contribution in [0.4, 0.5) is 8.78 Å². The molecule has 0 bridgehead atoms. The highest BCUT2D eigenvalue weighted by atomic mass is 35.5. The third-order valence-corrected chi connectivity index (χ3v) is 3.92. The van der Waals surface area contributed by atoms with Crippen LogP contribution in [0.15, 0.2) is 30.3 Å². The summed E-state index contributed by atoms with van der Waals surface area (Å²) < 4.78 is 26.2. The van der Waals surface area contributed by atoms with Gasteiger partial charge < -0.3 is 0 Å². The number of nitrogens with zero attached hydrogens (tertiary/aromatic N) is 2. The Morgan fingerprint density at radius 1 is 1.15 bits per heavy atom. The van der Waals surface area contributed by atoms with Gasteiger partial charge in [-0.2, -0.15) is 0 Å². The highest BCUT2D eigenvalue weighted by Crippen LogP contribution is 2.28. The van der Waals surface area contributed by atoms with Crippen molar-refractivity contribution in [3.05, 3.63) is 41.0 Å². The number of likely N-dealkylation sites (tertiary alicyclic amines) is 1. The highest BCUT2D eigenvalue weighted by molar-refractivity contribution is 6.31. The first-order valence-corrected chi connectivity index (χ1v) is 7.05. The number of hydrogen-bond acceptors (Lipinski definition) is 2. The van der Waals surface area contributed by atoms with E-state index in [9.17, 15) is 8.78 Å². The van der Waals surface area contributed by atoms with Crippen LogP contribution in [-0.4, -0.2) is 28.9 Å². The lowest BCUT2D eigenvalue weighted by molar-refractivity contribution is -0.0568. The second-order valence-electron chi connectivity index (χ2n) is 5.27. The van der Waals surface area contributed by atoms with Gasteiger partial charge in [0.15, 0.2) is 0 Å². The zero-order chi connectivity index (χ0) is 14.2. The predicted molar refractivity (Wildman–Crippen MR) is 76.2 cm³/mol. The van der Waals surface area contributed by atoms with Gasteiger partial charge in [-0.1, -0.05) is 17.7 Å². The number of aromatic nitrogens is 1. The van der Waals surface area contributed by atoms with E-state index in [1.54, 1.807) is 0 Å². The Kier molecular flexibility index (Phi) is 3.61. The minimum absolute atomic E-state index is 0.0593. The first-order valence-electron chi connectivity index (χ1n) is 6.67. The van der Waals surface area contributed by atoms with Crippen molar-refractivity contribution >= 4 is 22.5 Å². The lowest BCUT2D eigenvalue weighted by Gasteiger charge is -2.31. The Morgan fingerprint density at radius 3 is 2.65 bits per heavy atom. The molecule has 1 fully saturated rings. The summed E-state index contributed by atoms with van der Waals surface area (Å²) in [7, 11) is 0. The van der Waals surface area contributed by atoms with E-state index < -0.39 is 5.92 Å². The van der Waals surface area contributed by atoms with Crippen molar-refractivity contribution in [2.24, 2.45) is 0 Å². The molecule has 106 valence electrons. The Labute approximate surface area is 121 Å². The zero-order valence-electron chi connectivity index (χ0n) is 11.0. The van der Waals surface area contributed by atoms with Gasteiger partial charge in [0, 0.05) is 42.9 Å². The molecule has 0 unspecified atom stereocenters. The van der Waals surface area contributed by atoms with E-state index in [2.05, 4.69) is 4.98 Å². The topological polar surface area (TPSA) is 16.1 Å². The summed E-state index contributed by atoms with van der Waals surface area (Å²) in [5, 5.41) is 1.68. The highest BCUT2D eigenvalue weighted by Gasteiger charge is 2.33. The van der Waals surface area contributed by atoms with Crippen LogP contribution in [0.25, 0.3) is 10.9 Å². The largest absolute Gasteiger partial charge is 0.297 e. The maximum Gasteiger partial charge on any atom is 0.250 e. The average molecular weight is 297 g/mol. The SMILES string of the molecule is FC1(F)CCN(Cc2ccc3cc(Cl)ccc3n2)CC1. The zero-order valence-corrected chi connectivity index (χ0v) is 11.7. The van der Waals surface area contributed by atoms with E-state index in [1.807, 2.05) is 35.2 Å². The summed E-state index contributed by atoms with van der Waals surface area (Å²) >= 11 is 5.93. The summed E-state index contributed by atoms with van der Waals surface area (Å²) in [6, 6.07) is 9.47. The Hall–Kier alpha value is -1.26. The molecule has 1 saturated heterocycles. The molecule has 0 aliphatic carbocycles. The molecule has 0 radical (unpaired) electrons. The van der Waals surface area contributed by atoms with Gasteiger partial charge in [-0.3, -0.25) is 9.88 Å². The first-order chi connectivity index (χ1) is 9.52. The lowest BCUT2D eigenvalue weighted by Crippen LogP contribution is -2.38. The number of fused-ring (bicyclic) bond motifs is 1. The van der Waals surface area contributed by atoms with Crippen molar-refractivity contribution in [1.82, 2.24) is 9.88 Å². The number of pyridine rings is 1. The molecular weight excluding hydrogens is 282 g/mol. The van der Waals surface area contributed by atoms with Crippen molar-refractivity contribution in [2.75, 3.05) is 13.1 Å². The Bertz CT molecular complexity index is 620. The average Bonchev–Trinajstić information content (AvgIpc) is 2.41. The first kappa shape index (κ1) is 13.7. The summed E-state index contributed by atoms with van der Waals surface area (Å²) in [4.78, 5) is 6.59. The van der Waals surface area contributed by atoms with Crippen molar-refractivity contribution < 1.29 is 8.78 Å².